The summed E-state index contributed by atoms with van der Waals surface area (Å²) < 4.78 is 10.5. The zero-order valence-corrected chi connectivity index (χ0v) is 16.2. The van der Waals surface area contributed by atoms with Gasteiger partial charge in [0.15, 0.2) is 11.4 Å². The van der Waals surface area contributed by atoms with Crippen molar-refractivity contribution in [3.63, 3.8) is 0 Å². The van der Waals surface area contributed by atoms with Gasteiger partial charge in [-0.3, -0.25) is 14.7 Å². The van der Waals surface area contributed by atoms with E-state index in [1.807, 2.05) is 18.2 Å². The Labute approximate surface area is 170 Å². The number of para-hydroxylation sites is 2. The number of hydrogen-bond acceptors (Lipinski definition) is 5. The van der Waals surface area contributed by atoms with E-state index >= 15 is 0 Å². The number of benzene rings is 2. The summed E-state index contributed by atoms with van der Waals surface area (Å²) >= 11 is 12.0. The van der Waals surface area contributed by atoms with Crippen LogP contribution >= 0.6 is 23.2 Å². The number of carbonyl (C=O) groups is 2. The summed E-state index contributed by atoms with van der Waals surface area (Å²) in [4.78, 5) is 24.0. The minimum absolute atomic E-state index is 0.0287. The van der Waals surface area contributed by atoms with E-state index in [9.17, 15) is 9.59 Å². The summed E-state index contributed by atoms with van der Waals surface area (Å²) in [6.45, 7) is 0.287. The van der Waals surface area contributed by atoms with E-state index in [1.165, 1.54) is 0 Å². The highest BCUT2D eigenvalue weighted by molar-refractivity contribution is 6.37. The van der Waals surface area contributed by atoms with Crippen LogP contribution < -0.4 is 10.1 Å². The lowest BCUT2D eigenvalue weighted by atomic mass is 10.2. The molecule has 0 saturated heterocycles. The molecule has 7 nitrogen and oxygen atoms in total. The van der Waals surface area contributed by atoms with Crippen molar-refractivity contribution in [2.24, 2.45) is 0 Å². The van der Waals surface area contributed by atoms with Crippen molar-refractivity contribution in [3.05, 3.63) is 58.2 Å². The molecule has 0 spiro atoms. The summed E-state index contributed by atoms with van der Waals surface area (Å²) in [7, 11) is 0. The number of hydrogen-bond donors (Lipinski definition) is 2. The molecular formula is C19H17Cl2N3O4. The van der Waals surface area contributed by atoms with E-state index in [1.54, 1.807) is 24.3 Å². The second-order valence-electron chi connectivity index (χ2n) is 5.74. The first kappa shape index (κ1) is 20.0. The Morgan fingerprint density at radius 3 is 2.57 bits per heavy atom. The van der Waals surface area contributed by atoms with E-state index in [0.29, 0.717) is 15.8 Å². The Bertz CT molecular complexity index is 970. The SMILES string of the molecule is O=C(CCNC(=O)c1n[nH]c2ccccc12)OCCOc1c(Cl)cccc1Cl. The molecule has 9 heteroatoms. The zero-order chi connectivity index (χ0) is 19.9. The van der Waals surface area contributed by atoms with Crippen LogP contribution in [0.5, 0.6) is 5.75 Å². The van der Waals surface area contributed by atoms with Crippen molar-refractivity contribution in [3.8, 4) is 5.75 Å². The smallest absolute Gasteiger partial charge is 0.307 e. The first-order valence-electron chi connectivity index (χ1n) is 8.50. The third-order valence-electron chi connectivity index (χ3n) is 3.81. The molecule has 1 amide bonds. The number of aromatic amines is 1. The van der Waals surface area contributed by atoms with E-state index < -0.39 is 5.97 Å². The van der Waals surface area contributed by atoms with Gasteiger partial charge in [0.1, 0.15) is 13.2 Å². The number of amides is 1. The monoisotopic (exact) mass is 421 g/mol. The Kier molecular flexibility index (Phi) is 6.73. The fourth-order valence-corrected chi connectivity index (χ4v) is 3.00. The minimum Gasteiger partial charge on any atom is -0.487 e. The number of carbonyl (C=O) groups excluding carboxylic acids is 2. The van der Waals surface area contributed by atoms with Gasteiger partial charge in [0.2, 0.25) is 0 Å². The molecule has 0 saturated carbocycles. The molecular weight excluding hydrogens is 405 g/mol. The fraction of sp³-hybridized carbons (Fsp3) is 0.211. The third-order valence-corrected chi connectivity index (χ3v) is 4.41. The van der Waals surface area contributed by atoms with Crippen molar-refractivity contribution >= 4 is 46.0 Å². The number of nitrogens with one attached hydrogen (secondary N) is 2. The maximum absolute atomic E-state index is 12.2. The van der Waals surface area contributed by atoms with Gasteiger partial charge in [-0.15, -0.1) is 0 Å². The molecule has 0 atom stereocenters. The summed E-state index contributed by atoms with van der Waals surface area (Å²) in [6.07, 6.45) is 0.0287. The topological polar surface area (TPSA) is 93.3 Å². The zero-order valence-electron chi connectivity index (χ0n) is 14.7. The lowest BCUT2D eigenvalue weighted by molar-refractivity contribution is -0.144. The molecule has 28 heavy (non-hydrogen) atoms. The molecule has 146 valence electrons. The van der Waals surface area contributed by atoms with Gasteiger partial charge in [0, 0.05) is 11.9 Å². The van der Waals surface area contributed by atoms with Gasteiger partial charge >= 0.3 is 5.97 Å². The predicted octanol–water partition coefficient (Wildman–Crippen LogP) is 3.61. The Hall–Kier alpha value is -2.77. The van der Waals surface area contributed by atoms with Crippen LogP contribution in [0.15, 0.2) is 42.5 Å². The van der Waals surface area contributed by atoms with Crippen molar-refractivity contribution in [1.82, 2.24) is 15.5 Å². The van der Waals surface area contributed by atoms with Crippen LogP contribution in [-0.4, -0.2) is 41.8 Å². The van der Waals surface area contributed by atoms with Crippen molar-refractivity contribution in [2.45, 2.75) is 6.42 Å². The first-order chi connectivity index (χ1) is 13.6. The van der Waals surface area contributed by atoms with Crippen molar-refractivity contribution < 1.29 is 19.1 Å². The first-order valence-corrected chi connectivity index (χ1v) is 9.25. The van der Waals surface area contributed by atoms with Gasteiger partial charge in [-0.25, -0.2) is 0 Å². The highest BCUT2D eigenvalue weighted by atomic mass is 35.5. The second-order valence-corrected chi connectivity index (χ2v) is 6.56. The Balaban J connectivity index is 1.37. The molecule has 0 unspecified atom stereocenters. The molecule has 0 fully saturated rings. The maximum Gasteiger partial charge on any atom is 0.307 e. The number of nitrogens with zero attached hydrogens (tertiary/aromatic N) is 1. The van der Waals surface area contributed by atoms with Crippen molar-refractivity contribution in [1.29, 1.82) is 0 Å². The van der Waals surface area contributed by atoms with Crippen LogP contribution in [0.2, 0.25) is 10.0 Å². The van der Waals surface area contributed by atoms with Crippen LogP contribution in [0.25, 0.3) is 10.9 Å². The van der Waals surface area contributed by atoms with Gasteiger partial charge in [-0.05, 0) is 18.2 Å². The molecule has 0 aliphatic rings. The van der Waals surface area contributed by atoms with Crippen LogP contribution in [-0.2, 0) is 9.53 Å². The van der Waals surface area contributed by atoms with E-state index in [4.69, 9.17) is 32.7 Å². The van der Waals surface area contributed by atoms with Gasteiger partial charge < -0.3 is 14.8 Å². The third kappa shape index (κ3) is 4.94. The Morgan fingerprint density at radius 1 is 1.04 bits per heavy atom. The number of ether oxygens (including phenoxy) is 2. The van der Waals surface area contributed by atoms with Crippen LogP contribution in [0, 0.1) is 0 Å². The molecule has 2 N–H and O–H groups in total. The van der Waals surface area contributed by atoms with E-state index in [0.717, 1.165) is 10.9 Å². The number of halogens is 2. The highest BCUT2D eigenvalue weighted by Gasteiger charge is 2.14. The highest BCUT2D eigenvalue weighted by Crippen LogP contribution is 2.32. The van der Waals surface area contributed by atoms with Crippen LogP contribution in [0.1, 0.15) is 16.9 Å². The molecule has 3 aromatic rings. The number of fused-ring (bicyclic) bond motifs is 1. The predicted molar refractivity (Wildman–Crippen MR) is 106 cm³/mol. The minimum atomic E-state index is -0.457. The number of esters is 1. The summed E-state index contributed by atoms with van der Waals surface area (Å²) in [5, 5.41) is 10.9. The molecule has 3 rings (SSSR count). The van der Waals surface area contributed by atoms with Gasteiger partial charge in [0.05, 0.1) is 22.0 Å². The lowest BCUT2D eigenvalue weighted by Crippen LogP contribution is -2.27. The standard InChI is InChI=1S/C19H17Cl2N3O4/c20-13-5-3-6-14(21)18(13)28-11-10-27-16(25)8-9-22-19(26)17-12-4-1-2-7-15(12)23-24-17/h1-7H,8-11H2,(H,22,26)(H,23,24). The molecule has 0 bridgehead atoms. The van der Waals surface area contributed by atoms with E-state index in [-0.39, 0.29) is 37.8 Å². The van der Waals surface area contributed by atoms with E-state index in [2.05, 4.69) is 15.5 Å². The largest absolute Gasteiger partial charge is 0.487 e. The maximum atomic E-state index is 12.2. The van der Waals surface area contributed by atoms with Crippen molar-refractivity contribution in [2.75, 3.05) is 19.8 Å². The molecule has 0 aliphatic heterocycles. The van der Waals surface area contributed by atoms with Crippen LogP contribution in [0.3, 0.4) is 0 Å². The number of H-pyrrole nitrogens is 1. The number of rotatable bonds is 8. The normalized spacial score (nSPS) is 10.6. The summed E-state index contributed by atoms with van der Waals surface area (Å²) in [5.74, 6) is -0.469. The second kappa shape index (κ2) is 9.43. The Morgan fingerprint density at radius 2 is 1.79 bits per heavy atom. The fourth-order valence-electron chi connectivity index (χ4n) is 2.49. The summed E-state index contributed by atoms with van der Waals surface area (Å²) in [6, 6.07) is 12.3. The van der Waals surface area contributed by atoms with Crippen LogP contribution in [0.4, 0.5) is 0 Å². The van der Waals surface area contributed by atoms with Gasteiger partial charge in [-0.2, -0.15) is 5.10 Å². The molecule has 1 aromatic heterocycles. The molecule has 0 aliphatic carbocycles. The van der Waals surface area contributed by atoms with Gasteiger partial charge in [0.25, 0.3) is 5.91 Å². The quantitative estimate of drug-likeness (QED) is 0.427. The summed E-state index contributed by atoms with van der Waals surface area (Å²) in [5.41, 5.74) is 1.06. The lowest BCUT2D eigenvalue weighted by Gasteiger charge is -2.10. The van der Waals surface area contributed by atoms with Gasteiger partial charge in [-0.1, -0.05) is 47.5 Å². The average Bonchev–Trinajstić information content (AvgIpc) is 3.11. The molecule has 0 radical (unpaired) electrons. The molecule has 1 heterocycles. The molecule has 2 aromatic carbocycles. The number of aromatic nitrogens is 2. The average molecular weight is 422 g/mol.